The summed E-state index contributed by atoms with van der Waals surface area (Å²) < 4.78 is 29.6. The van der Waals surface area contributed by atoms with E-state index in [1.165, 1.54) is 26.0 Å². The van der Waals surface area contributed by atoms with Crippen LogP contribution in [-0.4, -0.2) is 22.7 Å². The number of nitrogens with zero attached hydrogens (tertiary/aromatic N) is 1. The summed E-state index contributed by atoms with van der Waals surface area (Å²) in [6, 6.07) is 7.71. The highest BCUT2D eigenvalue weighted by atomic mass is 19.1. The van der Waals surface area contributed by atoms with Gasteiger partial charge < -0.3 is 19.5 Å². The van der Waals surface area contributed by atoms with Crippen molar-refractivity contribution in [1.29, 1.82) is 0 Å². The van der Waals surface area contributed by atoms with E-state index in [2.05, 4.69) is 10.3 Å². The molecule has 0 unspecified atom stereocenters. The molecule has 2 heterocycles. The second-order valence-corrected chi connectivity index (χ2v) is 6.17. The van der Waals surface area contributed by atoms with Crippen LogP contribution in [0.1, 0.15) is 19.4 Å². The average Bonchev–Trinajstić information content (AvgIpc) is 2.60. The van der Waals surface area contributed by atoms with Gasteiger partial charge in [-0.1, -0.05) is 0 Å². The molecule has 0 spiro atoms. The monoisotopic (exact) mass is 372 g/mol. The molecule has 1 saturated heterocycles. The van der Waals surface area contributed by atoms with Crippen molar-refractivity contribution in [2.45, 2.75) is 26.2 Å². The highest BCUT2D eigenvalue weighted by molar-refractivity contribution is 6.15. The Bertz CT molecular complexity index is 874. The highest BCUT2D eigenvalue weighted by Gasteiger charge is 2.38. The first-order valence-corrected chi connectivity index (χ1v) is 8.09. The van der Waals surface area contributed by atoms with Crippen LogP contribution in [0.4, 0.5) is 10.1 Å². The number of nitrogens with one attached hydrogen (secondary N) is 1. The molecule has 2 aromatic rings. The Hall–Kier alpha value is -3.42. The van der Waals surface area contributed by atoms with Gasteiger partial charge in [0.25, 0.3) is 5.79 Å². The van der Waals surface area contributed by atoms with Crippen LogP contribution in [0.5, 0.6) is 5.75 Å². The van der Waals surface area contributed by atoms with E-state index in [1.807, 2.05) is 0 Å². The zero-order valence-corrected chi connectivity index (χ0v) is 14.7. The summed E-state index contributed by atoms with van der Waals surface area (Å²) in [6.45, 7) is 3.10. The first-order valence-electron chi connectivity index (χ1n) is 8.09. The minimum absolute atomic E-state index is 0.0725. The Morgan fingerprint density at radius 2 is 1.81 bits per heavy atom. The number of halogens is 1. The molecule has 0 saturated carbocycles. The molecule has 1 aliphatic rings. The van der Waals surface area contributed by atoms with Crippen molar-refractivity contribution in [3.63, 3.8) is 0 Å². The maximum Gasteiger partial charge on any atom is 0.350 e. The van der Waals surface area contributed by atoms with E-state index in [4.69, 9.17) is 14.2 Å². The standard InChI is InChI=1S/C19H17FN2O5/c1-19(2)26-17(23)14(18(24)27-19)10-22-13-3-4-16(15(20)9-13)25-11-12-5-7-21-8-6-12/h3-10,22H,11H2,1-2H3. The van der Waals surface area contributed by atoms with Gasteiger partial charge in [-0.2, -0.15) is 0 Å². The molecule has 1 N–H and O–H groups in total. The second kappa shape index (κ2) is 7.45. The smallest absolute Gasteiger partial charge is 0.350 e. The maximum atomic E-state index is 14.2. The largest absolute Gasteiger partial charge is 0.486 e. The zero-order valence-electron chi connectivity index (χ0n) is 14.7. The number of anilines is 1. The minimum atomic E-state index is -1.31. The van der Waals surface area contributed by atoms with Gasteiger partial charge in [0.05, 0.1) is 0 Å². The lowest BCUT2D eigenvalue weighted by Crippen LogP contribution is -2.42. The number of ether oxygens (including phenoxy) is 3. The lowest BCUT2D eigenvalue weighted by Gasteiger charge is -2.29. The summed E-state index contributed by atoms with van der Waals surface area (Å²) in [6.07, 6.45) is 4.36. The fourth-order valence-corrected chi connectivity index (χ4v) is 2.28. The topological polar surface area (TPSA) is 86.8 Å². The van der Waals surface area contributed by atoms with E-state index in [9.17, 15) is 14.0 Å². The first kappa shape index (κ1) is 18.4. The molecule has 0 radical (unpaired) electrons. The van der Waals surface area contributed by atoms with Crippen molar-refractivity contribution < 1.29 is 28.2 Å². The fraction of sp³-hybridized carbons (Fsp3) is 0.211. The Morgan fingerprint density at radius 1 is 1.15 bits per heavy atom. The molecule has 0 bridgehead atoms. The molecule has 1 fully saturated rings. The van der Waals surface area contributed by atoms with Crippen LogP contribution in [0.2, 0.25) is 0 Å². The van der Waals surface area contributed by atoms with Gasteiger partial charge in [-0.15, -0.1) is 0 Å². The number of aromatic nitrogens is 1. The van der Waals surface area contributed by atoms with Gasteiger partial charge in [0, 0.05) is 44.2 Å². The summed E-state index contributed by atoms with van der Waals surface area (Å²) in [5, 5.41) is 2.68. The molecule has 0 atom stereocenters. The maximum absolute atomic E-state index is 14.2. The number of esters is 2. The van der Waals surface area contributed by atoms with Gasteiger partial charge in [0.2, 0.25) is 0 Å². The van der Waals surface area contributed by atoms with E-state index in [-0.39, 0.29) is 17.9 Å². The normalized spacial score (nSPS) is 15.6. The van der Waals surface area contributed by atoms with Crippen LogP contribution in [0, 0.1) is 5.82 Å². The molecule has 1 aromatic heterocycles. The Kier molecular flexibility index (Phi) is 5.07. The van der Waals surface area contributed by atoms with Crippen molar-refractivity contribution in [3.05, 3.63) is 65.9 Å². The molecule has 0 amide bonds. The third kappa shape index (κ3) is 4.60. The summed E-state index contributed by atoms with van der Waals surface area (Å²) in [7, 11) is 0. The zero-order chi connectivity index (χ0) is 19.4. The molecule has 0 aliphatic carbocycles. The Labute approximate surface area is 154 Å². The van der Waals surface area contributed by atoms with Crippen LogP contribution in [0.3, 0.4) is 0 Å². The van der Waals surface area contributed by atoms with E-state index in [0.29, 0.717) is 5.69 Å². The van der Waals surface area contributed by atoms with E-state index in [1.54, 1.807) is 30.6 Å². The third-order valence-electron chi connectivity index (χ3n) is 3.58. The molecule has 8 heteroatoms. The number of carbonyl (C=O) groups excluding carboxylic acids is 2. The molecule has 3 rings (SSSR count). The fourth-order valence-electron chi connectivity index (χ4n) is 2.28. The lowest BCUT2D eigenvalue weighted by atomic mass is 10.2. The Balaban J connectivity index is 1.65. The van der Waals surface area contributed by atoms with E-state index < -0.39 is 23.5 Å². The number of pyridine rings is 1. The van der Waals surface area contributed by atoms with Gasteiger partial charge in [0.15, 0.2) is 17.1 Å². The minimum Gasteiger partial charge on any atom is -0.486 e. The number of carbonyl (C=O) groups is 2. The summed E-state index contributed by atoms with van der Waals surface area (Å²) in [4.78, 5) is 27.6. The molecule has 1 aromatic carbocycles. The van der Waals surface area contributed by atoms with E-state index in [0.717, 1.165) is 11.8 Å². The summed E-state index contributed by atoms with van der Waals surface area (Å²) in [5.74, 6) is -3.47. The van der Waals surface area contributed by atoms with Crippen molar-refractivity contribution >= 4 is 17.6 Å². The number of cyclic esters (lactones) is 2. The van der Waals surface area contributed by atoms with Gasteiger partial charge in [-0.05, 0) is 29.8 Å². The quantitative estimate of drug-likeness (QED) is 0.490. The second-order valence-electron chi connectivity index (χ2n) is 6.17. The molecule has 1 aliphatic heterocycles. The van der Waals surface area contributed by atoms with Gasteiger partial charge in [-0.3, -0.25) is 4.98 Å². The van der Waals surface area contributed by atoms with Crippen molar-refractivity contribution in [3.8, 4) is 5.75 Å². The highest BCUT2D eigenvalue weighted by Crippen LogP contribution is 2.24. The van der Waals surface area contributed by atoms with Crippen molar-refractivity contribution in [2.75, 3.05) is 5.32 Å². The third-order valence-corrected chi connectivity index (χ3v) is 3.58. The van der Waals surface area contributed by atoms with E-state index >= 15 is 0 Å². The number of benzene rings is 1. The molecular formula is C19H17FN2O5. The van der Waals surface area contributed by atoms with Crippen molar-refractivity contribution in [1.82, 2.24) is 4.98 Å². The van der Waals surface area contributed by atoms with Crippen LogP contribution in [-0.2, 0) is 25.7 Å². The first-order chi connectivity index (χ1) is 12.8. The SMILES string of the molecule is CC1(C)OC(=O)C(=CNc2ccc(OCc3ccncc3)c(F)c2)C(=O)O1. The molecule has 27 heavy (non-hydrogen) atoms. The number of hydrogen-bond acceptors (Lipinski definition) is 7. The van der Waals surface area contributed by atoms with Crippen molar-refractivity contribution in [2.24, 2.45) is 0 Å². The molecule has 140 valence electrons. The van der Waals surface area contributed by atoms with Gasteiger partial charge >= 0.3 is 11.9 Å². The summed E-state index contributed by atoms with van der Waals surface area (Å²) >= 11 is 0. The summed E-state index contributed by atoms with van der Waals surface area (Å²) in [5.41, 5.74) is 0.864. The van der Waals surface area contributed by atoms with Crippen LogP contribution in [0.25, 0.3) is 0 Å². The molecular weight excluding hydrogens is 355 g/mol. The van der Waals surface area contributed by atoms with Crippen LogP contribution in [0.15, 0.2) is 54.5 Å². The average molecular weight is 372 g/mol. The van der Waals surface area contributed by atoms with Crippen LogP contribution < -0.4 is 10.1 Å². The van der Waals surface area contributed by atoms with Gasteiger partial charge in [0.1, 0.15) is 6.61 Å². The number of rotatable bonds is 5. The van der Waals surface area contributed by atoms with Crippen LogP contribution >= 0.6 is 0 Å². The molecule has 7 nitrogen and oxygen atoms in total. The number of hydrogen-bond donors (Lipinski definition) is 1. The lowest BCUT2D eigenvalue weighted by molar-refractivity contribution is -0.222. The predicted octanol–water partition coefficient (Wildman–Crippen LogP) is 2.93. The Morgan fingerprint density at radius 3 is 2.44 bits per heavy atom. The van der Waals surface area contributed by atoms with Gasteiger partial charge in [-0.25, -0.2) is 14.0 Å². The predicted molar refractivity (Wildman–Crippen MR) is 92.9 cm³/mol.